The van der Waals surface area contributed by atoms with Crippen LogP contribution in [0.2, 0.25) is 0 Å². The highest BCUT2D eigenvalue weighted by atomic mass is 19.1. The summed E-state index contributed by atoms with van der Waals surface area (Å²) in [6.07, 6.45) is 4.37. The highest BCUT2D eigenvalue weighted by molar-refractivity contribution is 5.81. The predicted octanol–water partition coefficient (Wildman–Crippen LogP) is 4.67. The summed E-state index contributed by atoms with van der Waals surface area (Å²) in [5, 5.41) is 0. The standard InChI is InChI=1S/C18H17FN2O/c1-2-11-22-13-7-8-14(15-5-3-4-6-17(15)19)16(12-13)18-20-9-10-21-18/h3-10,12H,2,11H2,1H3,(H,20,21). The van der Waals surface area contributed by atoms with Crippen molar-refractivity contribution in [1.82, 2.24) is 9.97 Å². The zero-order chi connectivity index (χ0) is 15.4. The number of benzene rings is 2. The molecule has 0 spiro atoms. The lowest BCUT2D eigenvalue weighted by Gasteiger charge is -2.12. The number of nitrogens with zero attached hydrogens (tertiary/aromatic N) is 1. The smallest absolute Gasteiger partial charge is 0.138 e. The SMILES string of the molecule is CCCOc1ccc(-c2ccccc2F)c(-c2ncc[nH]2)c1. The number of H-pyrrole nitrogens is 1. The maximum Gasteiger partial charge on any atom is 0.138 e. The van der Waals surface area contributed by atoms with Crippen molar-refractivity contribution in [3.8, 4) is 28.3 Å². The Kier molecular flexibility index (Phi) is 4.19. The molecule has 0 aliphatic heterocycles. The first-order valence-corrected chi connectivity index (χ1v) is 7.31. The van der Waals surface area contributed by atoms with E-state index in [-0.39, 0.29) is 5.82 Å². The molecule has 22 heavy (non-hydrogen) atoms. The van der Waals surface area contributed by atoms with Crippen molar-refractivity contribution in [2.24, 2.45) is 0 Å². The average molecular weight is 296 g/mol. The third kappa shape index (κ3) is 2.86. The van der Waals surface area contributed by atoms with E-state index < -0.39 is 0 Å². The molecule has 3 aromatic rings. The van der Waals surface area contributed by atoms with Crippen LogP contribution in [0.15, 0.2) is 54.9 Å². The molecule has 3 rings (SSSR count). The number of hydrogen-bond donors (Lipinski definition) is 1. The van der Waals surface area contributed by atoms with Gasteiger partial charge in [-0.25, -0.2) is 9.37 Å². The van der Waals surface area contributed by atoms with E-state index in [1.54, 1.807) is 24.5 Å². The largest absolute Gasteiger partial charge is 0.494 e. The summed E-state index contributed by atoms with van der Waals surface area (Å²) in [6, 6.07) is 12.4. The van der Waals surface area contributed by atoms with Crippen LogP contribution in [0.25, 0.3) is 22.5 Å². The maximum absolute atomic E-state index is 14.1. The molecule has 4 heteroatoms. The first-order chi connectivity index (χ1) is 10.8. The van der Waals surface area contributed by atoms with Gasteiger partial charge in [0.1, 0.15) is 17.4 Å². The summed E-state index contributed by atoms with van der Waals surface area (Å²) in [6.45, 7) is 2.71. The van der Waals surface area contributed by atoms with Gasteiger partial charge in [-0.1, -0.05) is 25.1 Å². The second-order valence-electron chi connectivity index (χ2n) is 4.97. The van der Waals surface area contributed by atoms with Gasteiger partial charge in [0.15, 0.2) is 0 Å². The molecule has 0 fully saturated rings. The molecule has 3 nitrogen and oxygen atoms in total. The van der Waals surface area contributed by atoms with E-state index in [1.165, 1.54) is 6.07 Å². The maximum atomic E-state index is 14.1. The number of hydrogen-bond acceptors (Lipinski definition) is 2. The fourth-order valence-electron chi connectivity index (χ4n) is 2.36. The monoisotopic (exact) mass is 296 g/mol. The Bertz CT molecular complexity index is 754. The number of nitrogens with one attached hydrogen (secondary N) is 1. The molecule has 112 valence electrons. The Morgan fingerprint density at radius 2 is 1.95 bits per heavy atom. The Labute approximate surface area is 128 Å². The number of halogens is 1. The van der Waals surface area contributed by atoms with E-state index >= 15 is 0 Å². The molecule has 0 radical (unpaired) electrons. The summed E-state index contributed by atoms with van der Waals surface area (Å²) in [4.78, 5) is 7.37. The minimum atomic E-state index is -0.252. The van der Waals surface area contributed by atoms with Crippen LogP contribution in [0.1, 0.15) is 13.3 Å². The van der Waals surface area contributed by atoms with Gasteiger partial charge < -0.3 is 9.72 Å². The van der Waals surface area contributed by atoms with Gasteiger partial charge in [0.25, 0.3) is 0 Å². The lowest BCUT2D eigenvalue weighted by molar-refractivity contribution is 0.317. The zero-order valence-corrected chi connectivity index (χ0v) is 12.3. The first-order valence-electron chi connectivity index (χ1n) is 7.31. The van der Waals surface area contributed by atoms with Gasteiger partial charge in [-0.15, -0.1) is 0 Å². The van der Waals surface area contributed by atoms with Crippen LogP contribution in [0.3, 0.4) is 0 Å². The number of imidazole rings is 1. The van der Waals surface area contributed by atoms with Crippen LogP contribution in [0, 0.1) is 5.82 Å². The van der Waals surface area contributed by atoms with Crippen molar-refractivity contribution in [3.63, 3.8) is 0 Å². The number of aromatic nitrogens is 2. The topological polar surface area (TPSA) is 37.9 Å². The fraction of sp³-hybridized carbons (Fsp3) is 0.167. The molecule has 0 atom stereocenters. The van der Waals surface area contributed by atoms with E-state index in [1.807, 2.05) is 24.3 Å². The molecule has 1 heterocycles. The van der Waals surface area contributed by atoms with Crippen molar-refractivity contribution in [3.05, 3.63) is 60.7 Å². The fourth-order valence-corrected chi connectivity index (χ4v) is 2.36. The van der Waals surface area contributed by atoms with Gasteiger partial charge in [-0.05, 0) is 36.2 Å². The summed E-state index contributed by atoms with van der Waals surface area (Å²) >= 11 is 0. The quantitative estimate of drug-likeness (QED) is 0.743. The van der Waals surface area contributed by atoms with Crippen LogP contribution < -0.4 is 4.74 Å². The summed E-state index contributed by atoms with van der Waals surface area (Å²) < 4.78 is 19.8. The average Bonchev–Trinajstić information content (AvgIpc) is 3.08. The lowest BCUT2D eigenvalue weighted by atomic mass is 9.98. The zero-order valence-electron chi connectivity index (χ0n) is 12.3. The van der Waals surface area contributed by atoms with Crippen molar-refractivity contribution < 1.29 is 9.13 Å². The van der Waals surface area contributed by atoms with Crippen LogP contribution in [0.4, 0.5) is 4.39 Å². The van der Waals surface area contributed by atoms with Crippen LogP contribution in [-0.4, -0.2) is 16.6 Å². The molecular formula is C18H17FN2O. The second kappa shape index (κ2) is 6.43. The Balaban J connectivity index is 2.11. The molecule has 0 saturated carbocycles. The van der Waals surface area contributed by atoms with Gasteiger partial charge in [-0.2, -0.15) is 0 Å². The number of rotatable bonds is 5. The van der Waals surface area contributed by atoms with Crippen LogP contribution in [0.5, 0.6) is 5.75 Å². The molecule has 1 aromatic heterocycles. The van der Waals surface area contributed by atoms with Crippen molar-refractivity contribution in [1.29, 1.82) is 0 Å². The molecule has 0 saturated heterocycles. The van der Waals surface area contributed by atoms with Gasteiger partial charge in [0.05, 0.1) is 6.61 Å². The lowest BCUT2D eigenvalue weighted by Crippen LogP contribution is -1.97. The van der Waals surface area contributed by atoms with E-state index in [0.29, 0.717) is 18.0 Å². The second-order valence-corrected chi connectivity index (χ2v) is 4.97. The predicted molar refractivity (Wildman–Crippen MR) is 85.2 cm³/mol. The van der Waals surface area contributed by atoms with E-state index in [4.69, 9.17) is 4.74 Å². The minimum absolute atomic E-state index is 0.252. The van der Waals surface area contributed by atoms with Gasteiger partial charge in [0, 0.05) is 23.5 Å². The van der Waals surface area contributed by atoms with E-state index in [9.17, 15) is 4.39 Å². The molecule has 0 aliphatic rings. The van der Waals surface area contributed by atoms with E-state index in [2.05, 4.69) is 16.9 Å². The number of ether oxygens (including phenoxy) is 1. The Morgan fingerprint density at radius 3 is 2.68 bits per heavy atom. The summed E-state index contributed by atoms with van der Waals surface area (Å²) in [5.74, 6) is 1.20. The highest BCUT2D eigenvalue weighted by Crippen LogP contribution is 2.34. The van der Waals surface area contributed by atoms with Crippen LogP contribution >= 0.6 is 0 Å². The molecule has 0 amide bonds. The van der Waals surface area contributed by atoms with Crippen LogP contribution in [-0.2, 0) is 0 Å². The first kappa shape index (κ1) is 14.3. The van der Waals surface area contributed by atoms with Crippen molar-refractivity contribution >= 4 is 0 Å². The normalized spacial score (nSPS) is 10.6. The molecule has 2 aromatic carbocycles. The van der Waals surface area contributed by atoms with Gasteiger partial charge in [-0.3, -0.25) is 0 Å². The highest BCUT2D eigenvalue weighted by Gasteiger charge is 2.13. The minimum Gasteiger partial charge on any atom is -0.494 e. The van der Waals surface area contributed by atoms with Gasteiger partial charge in [0.2, 0.25) is 0 Å². The summed E-state index contributed by atoms with van der Waals surface area (Å²) in [5.41, 5.74) is 2.16. The molecule has 1 N–H and O–H groups in total. The Morgan fingerprint density at radius 1 is 1.09 bits per heavy atom. The third-order valence-corrected chi connectivity index (χ3v) is 3.38. The molecular weight excluding hydrogens is 279 g/mol. The van der Waals surface area contributed by atoms with Gasteiger partial charge >= 0.3 is 0 Å². The number of aromatic amines is 1. The summed E-state index contributed by atoms with van der Waals surface area (Å²) in [7, 11) is 0. The molecule has 0 bridgehead atoms. The van der Waals surface area contributed by atoms with Crippen molar-refractivity contribution in [2.45, 2.75) is 13.3 Å². The molecule has 0 aliphatic carbocycles. The van der Waals surface area contributed by atoms with E-state index in [0.717, 1.165) is 23.3 Å². The van der Waals surface area contributed by atoms with Crippen molar-refractivity contribution in [2.75, 3.05) is 6.61 Å². The Hall–Kier alpha value is -2.62. The molecule has 0 unspecified atom stereocenters. The third-order valence-electron chi connectivity index (χ3n) is 3.38.